The van der Waals surface area contributed by atoms with Crippen molar-refractivity contribution in [2.45, 2.75) is 42.1 Å². The highest BCUT2D eigenvalue weighted by molar-refractivity contribution is 8.00. The summed E-state index contributed by atoms with van der Waals surface area (Å²) in [6.45, 7) is 2.06. The molecule has 2 aliphatic heterocycles. The van der Waals surface area contributed by atoms with E-state index in [1.54, 1.807) is 14.2 Å². The fraction of sp³-hybridized carbons (Fsp3) is 0.684. The zero-order chi connectivity index (χ0) is 16.8. The van der Waals surface area contributed by atoms with E-state index in [0.29, 0.717) is 6.04 Å². The van der Waals surface area contributed by atoms with Crippen LogP contribution in [-0.2, 0) is 10.2 Å². The van der Waals surface area contributed by atoms with Gasteiger partial charge in [0.2, 0.25) is 0 Å². The van der Waals surface area contributed by atoms with E-state index < -0.39 is 0 Å². The topological polar surface area (TPSA) is 30.9 Å². The van der Waals surface area contributed by atoms with E-state index >= 15 is 0 Å². The van der Waals surface area contributed by atoms with Crippen LogP contribution in [0.15, 0.2) is 18.2 Å². The van der Waals surface area contributed by atoms with E-state index in [4.69, 9.17) is 14.2 Å². The number of methoxy groups -OCH3 is 2. The van der Waals surface area contributed by atoms with Gasteiger partial charge in [0.1, 0.15) is 4.93 Å². The number of benzene rings is 1. The molecule has 1 aliphatic carbocycles. The molecule has 2 heterocycles. The first kappa shape index (κ1) is 16.6. The van der Waals surface area contributed by atoms with Gasteiger partial charge in [-0.05, 0) is 50.6 Å². The highest BCUT2D eigenvalue weighted by atomic mass is 32.2. The summed E-state index contributed by atoms with van der Waals surface area (Å²) in [5, 5.41) is 0. The normalized spacial score (nSPS) is 36.0. The van der Waals surface area contributed by atoms with Crippen molar-refractivity contribution in [3.05, 3.63) is 23.8 Å². The molecule has 1 aromatic carbocycles. The monoisotopic (exact) mass is 349 g/mol. The van der Waals surface area contributed by atoms with Crippen molar-refractivity contribution in [2.24, 2.45) is 0 Å². The van der Waals surface area contributed by atoms with Crippen LogP contribution in [0, 0.1) is 0 Å². The van der Waals surface area contributed by atoms with Crippen LogP contribution in [0.5, 0.6) is 11.5 Å². The van der Waals surface area contributed by atoms with Gasteiger partial charge in [0.25, 0.3) is 0 Å². The Bertz CT molecular complexity index is 617. The lowest BCUT2D eigenvalue weighted by Crippen LogP contribution is -2.51. The first-order chi connectivity index (χ1) is 11.6. The van der Waals surface area contributed by atoms with Crippen molar-refractivity contribution in [3.8, 4) is 11.5 Å². The number of ether oxygens (including phenoxy) is 3. The third kappa shape index (κ3) is 2.44. The Balaban J connectivity index is 1.70. The molecule has 0 N–H and O–H groups in total. The first-order valence-electron chi connectivity index (χ1n) is 8.83. The molecule has 1 aromatic rings. The van der Waals surface area contributed by atoms with E-state index in [1.165, 1.54) is 18.4 Å². The second kappa shape index (κ2) is 6.11. The van der Waals surface area contributed by atoms with Crippen LogP contribution in [0.25, 0.3) is 0 Å². The Morgan fingerprint density at radius 3 is 2.71 bits per heavy atom. The standard InChI is InChI=1S/C19H27NO3S/c1-20-9-8-18(14-4-5-15(21-2)16(12-14)22-3)6-7-19(13-17(18)20)23-10-11-24-19/h4-5,12,17H,6-11,13H2,1-3H3/t17-,18-,19?/m0/s1. The quantitative estimate of drug-likeness (QED) is 0.836. The van der Waals surface area contributed by atoms with Crippen LogP contribution in [0.2, 0.25) is 0 Å². The first-order valence-corrected chi connectivity index (χ1v) is 9.82. The molecule has 4 rings (SSSR count). The van der Waals surface area contributed by atoms with Gasteiger partial charge in [-0.25, -0.2) is 0 Å². The summed E-state index contributed by atoms with van der Waals surface area (Å²) in [7, 11) is 5.68. The summed E-state index contributed by atoms with van der Waals surface area (Å²) in [5.74, 6) is 2.78. The van der Waals surface area contributed by atoms with Gasteiger partial charge in [-0.2, -0.15) is 0 Å². The molecule has 24 heavy (non-hydrogen) atoms. The molecule has 1 spiro atoms. The molecule has 0 bridgehead atoms. The largest absolute Gasteiger partial charge is 0.493 e. The van der Waals surface area contributed by atoms with Gasteiger partial charge >= 0.3 is 0 Å². The Morgan fingerprint density at radius 1 is 1.17 bits per heavy atom. The van der Waals surface area contributed by atoms with Gasteiger partial charge in [-0.1, -0.05) is 6.07 Å². The molecule has 2 saturated heterocycles. The van der Waals surface area contributed by atoms with Gasteiger partial charge in [0.05, 0.1) is 20.8 Å². The molecule has 3 fully saturated rings. The summed E-state index contributed by atoms with van der Waals surface area (Å²) in [5.41, 5.74) is 1.61. The lowest BCUT2D eigenvalue weighted by molar-refractivity contribution is -0.0146. The minimum absolute atomic E-state index is 0.0589. The van der Waals surface area contributed by atoms with Crippen molar-refractivity contribution in [2.75, 3.05) is 40.2 Å². The summed E-state index contributed by atoms with van der Waals surface area (Å²) < 4.78 is 17.2. The second-order valence-corrected chi connectivity index (χ2v) is 8.72. The van der Waals surface area contributed by atoms with Crippen molar-refractivity contribution in [1.82, 2.24) is 4.90 Å². The zero-order valence-corrected chi connectivity index (χ0v) is 15.7. The molecule has 3 aliphatic rings. The Hall–Kier alpha value is -0.910. The van der Waals surface area contributed by atoms with E-state index in [0.717, 1.165) is 43.2 Å². The second-order valence-electron chi connectivity index (χ2n) is 7.28. The molecule has 0 amide bonds. The zero-order valence-electron chi connectivity index (χ0n) is 14.8. The Labute approximate surface area is 148 Å². The van der Waals surface area contributed by atoms with Crippen LogP contribution in [0.1, 0.15) is 31.2 Å². The van der Waals surface area contributed by atoms with E-state index in [2.05, 4.69) is 30.1 Å². The number of hydrogen-bond donors (Lipinski definition) is 0. The molecule has 0 aromatic heterocycles. The highest BCUT2D eigenvalue weighted by Gasteiger charge is 2.56. The maximum atomic E-state index is 6.19. The minimum Gasteiger partial charge on any atom is -0.493 e. The summed E-state index contributed by atoms with van der Waals surface area (Å²) in [6.07, 6.45) is 4.67. The lowest BCUT2D eigenvalue weighted by atomic mass is 9.65. The summed E-state index contributed by atoms with van der Waals surface area (Å²) in [4.78, 5) is 2.60. The predicted molar refractivity (Wildman–Crippen MR) is 97.3 cm³/mol. The van der Waals surface area contributed by atoms with E-state index in [1.807, 2.05) is 11.8 Å². The SMILES string of the molecule is COc1ccc([C@]23CCN(C)[C@H]2CC2(CC3)OCCS2)cc1OC. The maximum absolute atomic E-state index is 6.19. The van der Waals surface area contributed by atoms with Crippen LogP contribution in [0.3, 0.4) is 0 Å². The smallest absolute Gasteiger partial charge is 0.161 e. The number of thioether (sulfide) groups is 1. The molecular formula is C19H27NO3S. The Kier molecular flexibility index (Phi) is 4.22. The van der Waals surface area contributed by atoms with Gasteiger partial charge in [-0.15, -0.1) is 11.8 Å². The van der Waals surface area contributed by atoms with Crippen LogP contribution < -0.4 is 9.47 Å². The number of hydrogen-bond acceptors (Lipinski definition) is 5. The summed E-state index contributed by atoms with van der Waals surface area (Å²) >= 11 is 2.03. The predicted octanol–water partition coefficient (Wildman–Crippen LogP) is 3.29. The molecular weight excluding hydrogens is 322 g/mol. The van der Waals surface area contributed by atoms with Crippen molar-refractivity contribution < 1.29 is 14.2 Å². The van der Waals surface area contributed by atoms with Gasteiger partial charge in [-0.3, -0.25) is 0 Å². The molecule has 5 heteroatoms. The molecule has 1 saturated carbocycles. The van der Waals surface area contributed by atoms with Gasteiger partial charge < -0.3 is 19.1 Å². The Morgan fingerprint density at radius 2 is 2.00 bits per heavy atom. The molecule has 4 nitrogen and oxygen atoms in total. The fourth-order valence-corrected chi connectivity index (χ4v) is 6.19. The molecule has 3 atom stereocenters. The third-order valence-corrected chi connectivity index (χ3v) is 7.69. The maximum Gasteiger partial charge on any atom is 0.161 e. The fourth-order valence-electron chi connectivity index (χ4n) is 4.96. The molecule has 132 valence electrons. The number of rotatable bonds is 3. The number of nitrogens with zero attached hydrogens (tertiary/aromatic N) is 1. The minimum atomic E-state index is 0.0589. The number of likely N-dealkylation sites (N-methyl/N-ethyl adjacent to an activating group) is 1. The average Bonchev–Trinajstić information content (AvgIpc) is 3.21. The van der Waals surface area contributed by atoms with Crippen molar-refractivity contribution in [3.63, 3.8) is 0 Å². The number of fused-ring (bicyclic) bond motifs is 1. The van der Waals surface area contributed by atoms with Crippen molar-refractivity contribution in [1.29, 1.82) is 0 Å². The van der Waals surface area contributed by atoms with Crippen molar-refractivity contribution >= 4 is 11.8 Å². The third-order valence-electron chi connectivity index (χ3n) is 6.31. The van der Waals surface area contributed by atoms with Crippen LogP contribution >= 0.6 is 11.8 Å². The molecule has 1 unspecified atom stereocenters. The van der Waals surface area contributed by atoms with E-state index in [9.17, 15) is 0 Å². The number of likely N-dealkylation sites (tertiary alicyclic amines) is 1. The van der Waals surface area contributed by atoms with Crippen LogP contribution in [0.4, 0.5) is 0 Å². The summed E-state index contributed by atoms with van der Waals surface area (Å²) in [6, 6.07) is 7.04. The van der Waals surface area contributed by atoms with Crippen LogP contribution in [-0.4, -0.2) is 56.0 Å². The lowest BCUT2D eigenvalue weighted by Gasteiger charge is -2.48. The highest BCUT2D eigenvalue weighted by Crippen LogP contribution is 2.56. The molecule has 0 radical (unpaired) electrons. The average molecular weight is 349 g/mol. The van der Waals surface area contributed by atoms with Gasteiger partial charge in [0.15, 0.2) is 11.5 Å². The van der Waals surface area contributed by atoms with E-state index in [-0.39, 0.29) is 10.3 Å². The van der Waals surface area contributed by atoms with Gasteiger partial charge in [0, 0.05) is 23.6 Å².